The fourth-order valence-corrected chi connectivity index (χ4v) is 1.38. The zero-order valence-corrected chi connectivity index (χ0v) is 10.4. The van der Waals surface area contributed by atoms with E-state index in [2.05, 4.69) is 60.1 Å². The first kappa shape index (κ1) is 12.5. The van der Waals surface area contributed by atoms with Gasteiger partial charge in [0, 0.05) is 24.7 Å². The van der Waals surface area contributed by atoms with Gasteiger partial charge in [-0.05, 0) is 5.41 Å². The van der Waals surface area contributed by atoms with Crippen LogP contribution in [0.5, 0.6) is 0 Å². The second-order valence-electron chi connectivity index (χ2n) is 6.11. The molecule has 78 valence electrons. The molecule has 0 amide bonds. The van der Waals surface area contributed by atoms with Crippen LogP contribution in [0.25, 0.3) is 0 Å². The summed E-state index contributed by atoms with van der Waals surface area (Å²) in [7, 11) is 2.12. The summed E-state index contributed by atoms with van der Waals surface area (Å²) >= 11 is 0. The Bertz CT molecular complexity index is 178. The Morgan fingerprint density at radius 1 is 1.08 bits per heavy atom. The van der Waals surface area contributed by atoms with E-state index in [4.69, 9.17) is 0 Å². The van der Waals surface area contributed by atoms with E-state index >= 15 is 0 Å². The van der Waals surface area contributed by atoms with E-state index < -0.39 is 0 Å². The molecule has 0 bridgehead atoms. The highest BCUT2D eigenvalue weighted by atomic mass is 15.1. The smallest absolute Gasteiger partial charge is 0.0220 e. The van der Waals surface area contributed by atoms with E-state index in [1.165, 1.54) is 5.70 Å². The molecule has 0 aliphatic heterocycles. The second-order valence-corrected chi connectivity index (χ2v) is 6.11. The average molecular weight is 183 g/mol. The molecule has 13 heavy (non-hydrogen) atoms. The van der Waals surface area contributed by atoms with Crippen LogP contribution in [0.3, 0.4) is 0 Å². The van der Waals surface area contributed by atoms with E-state index in [1.807, 2.05) is 0 Å². The van der Waals surface area contributed by atoms with Crippen LogP contribution in [0, 0.1) is 10.8 Å². The van der Waals surface area contributed by atoms with E-state index in [1.54, 1.807) is 0 Å². The molecule has 0 saturated carbocycles. The van der Waals surface area contributed by atoms with E-state index in [0.29, 0.717) is 5.41 Å². The highest BCUT2D eigenvalue weighted by Crippen LogP contribution is 2.28. The maximum absolute atomic E-state index is 4.14. The van der Waals surface area contributed by atoms with Crippen LogP contribution < -0.4 is 0 Å². The molecule has 0 heterocycles. The second kappa shape index (κ2) is 3.73. The molecule has 0 unspecified atom stereocenters. The van der Waals surface area contributed by atoms with Crippen LogP contribution in [-0.2, 0) is 0 Å². The van der Waals surface area contributed by atoms with Crippen molar-refractivity contribution in [3.8, 4) is 0 Å². The number of allylic oxidation sites excluding steroid dienone is 1. The molecule has 0 saturated heterocycles. The van der Waals surface area contributed by atoms with Crippen molar-refractivity contribution in [1.82, 2.24) is 4.90 Å². The molecule has 0 fully saturated rings. The normalized spacial score (nSPS) is 12.8. The number of hydrogen-bond acceptors (Lipinski definition) is 1. The Morgan fingerprint density at radius 3 is 1.69 bits per heavy atom. The highest BCUT2D eigenvalue weighted by Gasteiger charge is 2.21. The van der Waals surface area contributed by atoms with Gasteiger partial charge in [0.2, 0.25) is 0 Å². The van der Waals surface area contributed by atoms with Gasteiger partial charge in [-0.3, -0.25) is 0 Å². The molecule has 0 N–H and O–H groups in total. The minimum atomic E-state index is 0.181. The van der Waals surface area contributed by atoms with Crippen molar-refractivity contribution in [2.45, 2.75) is 41.5 Å². The Balaban J connectivity index is 4.30. The lowest BCUT2D eigenvalue weighted by atomic mass is 9.90. The predicted molar refractivity (Wildman–Crippen MR) is 60.7 cm³/mol. The Labute approximate surface area is 83.8 Å². The molecule has 0 spiro atoms. The Kier molecular flexibility index (Phi) is 3.60. The van der Waals surface area contributed by atoms with Gasteiger partial charge in [0.25, 0.3) is 0 Å². The summed E-state index contributed by atoms with van der Waals surface area (Å²) in [6.45, 7) is 18.6. The maximum Gasteiger partial charge on any atom is 0.0220 e. The minimum Gasteiger partial charge on any atom is -0.377 e. The van der Waals surface area contributed by atoms with Gasteiger partial charge in [0.05, 0.1) is 0 Å². The molecule has 1 nitrogen and oxygen atoms in total. The first-order valence-corrected chi connectivity index (χ1v) is 4.94. The third-order valence-corrected chi connectivity index (χ3v) is 2.04. The molecule has 0 atom stereocenters. The molecule has 0 aromatic rings. The Hall–Kier alpha value is -0.460. The Morgan fingerprint density at radius 2 is 1.46 bits per heavy atom. The fraction of sp³-hybridized carbons (Fsp3) is 0.833. The van der Waals surface area contributed by atoms with Crippen LogP contribution >= 0.6 is 0 Å². The first-order valence-electron chi connectivity index (χ1n) is 4.94. The lowest BCUT2D eigenvalue weighted by molar-refractivity contribution is 0.229. The summed E-state index contributed by atoms with van der Waals surface area (Å²) in [5.41, 5.74) is 1.73. The lowest BCUT2D eigenvalue weighted by Gasteiger charge is -2.35. The van der Waals surface area contributed by atoms with Crippen molar-refractivity contribution in [1.29, 1.82) is 0 Å². The van der Waals surface area contributed by atoms with Crippen LogP contribution in [0.15, 0.2) is 12.3 Å². The topological polar surface area (TPSA) is 3.24 Å². The van der Waals surface area contributed by atoms with Crippen LogP contribution in [0.1, 0.15) is 41.5 Å². The number of rotatable bonds is 2. The third-order valence-electron chi connectivity index (χ3n) is 2.04. The van der Waals surface area contributed by atoms with Crippen LogP contribution in [0.2, 0.25) is 0 Å². The molecule has 0 aliphatic carbocycles. The molecule has 0 aliphatic rings. The lowest BCUT2D eigenvalue weighted by Crippen LogP contribution is -2.33. The standard InChI is InChI=1S/C12H25N/c1-10(12(5,6)7)13(8)9-11(2,3)4/h1,9H2,2-8H3. The van der Waals surface area contributed by atoms with E-state index in [0.717, 1.165) is 6.54 Å². The average Bonchev–Trinajstić information content (AvgIpc) is 1.79. The summed E-state index contributed by atoms with van der Waals surface area (Å²) in [6.07, 6.45) is 0. The summed E-state index contributed by atoms with van der Waals surface area (Å²) < 4.78 is 0. The fourth-order valence-electron chi connectivity index (χ4n) is 1.38. The molecule has 0 aromatic heterocycles. The van der Waals surface area contributed by atoms with Gasteiger partial charge >= 0.3 is 0 Å². The molecular weight excluding hydrogens is 158 g/mol. The van der Waals surface area contributed by atoms with Crippen molar-refractivity contribution in [2.24, 2.45) is 10.8 Å². The molecular formula is C12H25N. The zero-order chi connectivity index (χ0) is 10.9. The molecule has 1 heteroatoms. The molecule has 0 radical (unpaired) electrons. The van der Waals surface area contributed by atoms with Gasteiger partial charge in [-0.25, -0.2) is 0 Å². The van der Waals surface area contributed by atoms with Crippen molar-refractivity contribution in [2.75, 3.05) is 13.6 Å². The predicted octanol–water partition coefficient (Wildman–Crippen LogP) is 3.52. The summed E-state index contributed by atoms with van der Waals surface area (Å²) in [6, 6.07) is 0. The van der Waals surface area contributed by atoms with Crippen LogP contribution in [-0.4, -0.2) is 18.5 Å². The van der Waals surface area contributed by atoms with Crippen molar-refractivity contribution >= 4 is 0 Å². The molecule has 0 aromatic carbocycles. The SMILES string of the molecule is C=C(N(C)CC(C)(C)C)C(C)(C)C. The van der Waals surface area contributed by atoms with Gasteiger partial charge < -0.3 is 4.90 Å². The minimum absolute atomic E-state index is 0.181. The van der Waals surface area contributed by atoms with Gasteiger partial charge in [-0.2, -0.15) is 0 Å². The van der Waals surface area contributed by atoms with Crippen LogP contribution in [0.4, 0.5) is 0 Å². The van der Waals surface area contributed by atoms with Gasteiger partial charge in [0.1, 0.15) is 0 Å². The van der Waals surface area contributed by atoms with Gasteiger partial charge in [-0.1, -0.05) is 48.1 Å². The van der Waals surface area contributed by atoms with E-state index in [9.17, 15) is 0 Å². The third kappa shape index (κ3) is 4.97. The van der Waals surface area contributed by atoms with Crippen molar-refractivity contribution in [3.63, 3.8) is 0 Å². The largest absolute Gasteiger partial charge is 0.377 e. The van der Waals surface area contributed by atoms with Crippen molar-refractivity contribution < 1.29 is 0 Å². The zero-order valence-electron chi connectivity index (χ0n) is 10.4. The summed E-state index contributed by atoms with van der Waals surface area (Å²) in [4.78, 5) is 2.26. The highest BCUT2D eigenvalue weighted by molar-refractivity contribution is 5.03. The molecule has 0 rings (SSSR count). The summed E-state index contributed by atoms with van der Waals surface area (Å²) in [5.74, 6) is 0. The van der Waals surface area contributed by atoms with Gasteiger partial charge in [0.15, 0.2) is 0 Å². The van der Waals surface area contributed by atoms with Gasteiger partial charge in [-0.15, -0.1) is 0 Å². The summed E-state index contributed by atoms with van der Waals surface area (Å²) in [5, 5.41) is 0. The van der Waals surface area contributed by atoms with Crippen molar-refractivity contribution in [3.05, 3.63) is 12.3 Å². The number of hydrogen-bond donors (Lipinski definition) is 0. The quantitative estimate of drug-likeness (QED) is 0.633. The monoisotopic (exact) mass is 183 g/mol. The first-order chi connectivity index (χ1) is 5.54. The van der Waals surface area contributed by atoms with E-state index in [-0.39, 0.29) is 5.41 Å². The maximum atomic E-state index is 4.14. The number of nitrogens with zero attached hydrogens (tertiary/aromatic N) is 1.